The summed E-state index contributed by atoms with van der Waals surface area (Å²) in [6, 6.07) is 2.30. The molecule has 1 heterocycles. The van der Waals surface area contributed by atoms with E-state index in [1.807, 2.05) is 0 Å². The lowest BCUT2D eigenvalue weighted by molar-refractivity contribution is -0.144. The molecule has 0 spiro atoms. The van der Waals surface area contributed by atoms with Crippen LogP contribution in [0.25, 0.3) is 0 Å². The summed E-state index contributed by atoms with van der Waals surface area (Å²) in [5.74, 6) is -2.36. The lowest BCUT2D eigenvalue weighted by Gasteiger charge is -2.06. The molecular formula is C10H7F4N3OS. The molecule has 2 rings (SSSR count). The van der Waals surface area contributed by atoms with Gasteiger partial charge in [0.05, 0.1) is 0 Å². The first-order chi connectivity index (χ1) is 8.77. The van der Waals surface area contributed by atoms with Crippen LogP contribution in [-0.4, -0.2) is 9.36 Å². The number of hydrogen-bond donors (Lipinski definition) is 1. The number of ether oxygens (including phenoxy) is 1. The van der Waals surface area contributed by atoms with Crippen LogP contribution in [0.4, 0.5) is 23.2 Å². The highest BCUT2D eigenvalue weighted by atomic mass is 32.1. The van der Waals surface area contributed by atoms with Crippen molar-refractivity contribution in [3.63, 3.8) is 0 Å². The number of aromatic nitrogens is 2. The number of benzene rings is 1. The summed E-state index contributed by atoms with van der Waals surface area (Å²) < 4.78 is 58.3. The van der Waals surface area contributed by atoms with Crippen LogP contribution in [0.2, 0.25) is 0 Å². The second-order valence-electron chi connectivity index (χ2n) is 3.62. The summed E-state index contributed by atoms with van der Waals surface area (Å²) in [4.78, 5) is 3.13. The van der Waals surface area contributed by atoms with Gasteiger partial charge in [-0.15, -0.1) is 0 Å². The van der Waals surface area contributed by atoms with Crippen LogP contribution in [0.15, 0.2) is 12.1 Å². The van der Waals surface area contributed by atoms with Gasteiger partial charge in [0, 0.05) is 23.3 Å². The molecule has 0 aliphatic carbocycles. The summed E-state index contributed by atoms with van der Waals surface area (Å²) in [5.41, 5.74) is 6.23. The molecule has 4 nitrogen and oxygen atoms in total. The quantitative estimate of drug-likeness (QED) is 0.681. The molecule has 9 heteroatoms. The van der Waals surface area contributed by atoms with Gasteiger partial charge >= 0.3 is 6.18 Å². The lowest BCUT2D eigenvalue weighted by atomic mass is 10.2. The fraction of sp³-hybridized carbons (Fsp3) is 0.200. The Bertz CT molecular complexity index is 611. The van der Waals surface area contributed by atoms with E-state index in [4.69, 9.17) is 10.5 Å². The molecule has 0 aliphatic heterocycles. The number of hydrogen-bond acceptors (Lipinski definition) is 5. The zero-order chi connectivity index (χ0) is 14.2. The Morgan fingerprint density at radius 2 is 2.00 bits per heavy atom. The number of nitrogens with zero attached hydrogens (tertiary/aromatic N) is 2. The molecule has 1 aromatic heterocycles. The van der Waals surface area contributed by atoms with E-state index in [9.17, 15) is 17.6 Å². The van der Waals surface area contributed by atoms with E-state index in [0.717, 1.165) is 6.07 Å². The largest absolute Gasteiger partial charge is 0.452 e. The zero-order valence-corrected chi connectivity index (χ0v) is 10.3. The van der Waals surface area contributed by atoms with Gasteiger partial charge in [0.1, 0.15) is 0 Å². The van der Waals surface area contributed by atoms with E-state index in [2.05, 4.69) is 9.36 Å². The molecule has 0 aliphatic rings. The molecule has 0 radical (unpaired) electrons. The van der Waals surface area contributed by atoms with E-state index < -0.39 is 23.0 Å². The minimum atomic E-state index is -4.66. The van der Waals surface area contributed by atoms with Crippen molar-refractivity contribution in [3.8, 4) is 10.9 Å². The fourth-order valence-corrected chi connectivity index (χ4v) is 1.77. The SMILES string of the molecule is Cc1cc(Oc2nc(C(F)(F)F)ns2)c(F)cc1N. The molecule has 0 fully saturated rings. The van der Waals surface area contributed by atoms with Gasteiger partial charge in [0.2, 0.25) is 0 Å². The summed E-state index contributed by atoms with van der Waals surface area (Å²) in [5, 5.41) is -0.393. The molecule has 0 unspecified atom stereocenters. The molecule has 2 aromatic rings. The van der Waals surface area contributed by atoms with Crippen molar-refractivity contribution in [3.05, 3.63) is 29.3 Å². The summed E-state index contributed by atoms with van der Waals surface area (Å²) in [7, 11) is 0. The third-order valence-corrected chi connectivity index (χ3v) is 2.77. The van der Waals surface area contributed by atoms with Crippen molar-refractivity contribution in [2.75, 3.05) is 5.73 Å². The molecule has 0 saturated heterocycles. The van der Waals surface area contributed by atoms with Gasteiger partial charge < -0.3 is 10.5 Å². The Labute approximate surface area is 109 Å². The topological polar surface area (TPSA) is 61.0 Å². The van der Waals surface area contributed by atoms with E-state index in [-0.39, 0.29) is 11.4 Å². The van der Waals surface area contributed by atoms with Gasteiger partial charge in [-0.05, 0) is 18.6 Å². The van der Waals surface area contributed by atoms with E-state index in [1.165, 1.54) is 6.07 Å². The minimum absolute atomic E-state index is 0.220. The first-order valence-electron chi connectivity index (χ1n) is 4.92. The average Bonchev–Trinajstić information content (AvgIpc) is 2.74. The molecule has 2 N–H and O–H groups in total. The predicted molar refractivity (Wildman–Crippen MR) is 60.5 cm³/mol. The van der Waals surface area contributed by atoms with Gasteiger partial charge in [-0.25, -0.2) is 4.39 Å². The Hall–Kier alpha value is -1.90. The predicted octanol–water partition coefficient (Wildman–Crippen LogP) is 3.38. The third kappa shape index (κ3) is 2.92. The molecule has 0 amide bonds. The Balaban J connectivity index is 2.27. The molecule has 19 heavy (non-hydrogen) atoms. The summed E-state index contributed by atoms with van der Waals surface area (Å²) >= 11 is 0.389. The van der Waals surface area contributed by atoms with Crippen LogP contribution in [0.1, 0.15) is 11.4 Å². The number of rotatable bonds is 2. The average molecular weight is 293 g/mol. The molecule has 0 saturated carbocycles. The highest BCUT2D eigenvalue weighted by molar-refractivity contribution is 7.07. The first-order valence-corrected chi connectivity index (χ1v) is 5.69. The standard InChI is InChI=1S/C10H7F4N3OS/c1-4-2-7(5(11)3-6(4)15)18-9-16-8(17-19-9)10(12,13)14/h2-3H,15H2,1H3. The fourth-order valence-electron chi connectivity index (χ4n) is 1.21. The van der Waals surface area contributed by atoms with E-state index in [1.54, 1.807) is 6.92 Å². The Morgan fingerprint density at radius 3 is 2.58 bits per heavy atom. The van der Waals surface area contributed by atoms with E-state index >= 15 is 0 Å². The summed E-state index contributed by atoms with van der Waals surface area (Å²) in [6.45, 7) is 1.61. The first kappa shape index (κ1) is 13.5. The summed E-state index contributed by atoms with van der Waals surface area (Å²) in [6.07, 6.45) is -4.66. The van der Waals surface area contributed by atoms with Crippen LogP contribution in [0.5, 0.6) is 10.9 Å². The number of aryl methyl sites for hydroxylation is 1. The van der Waals surface area contributed by atoms with Crippen molar-refractivity contribution in [1.29, 1.82) is 0 Å². The zero-order valence-electron chi connectivity index (χ0n) is 9.45. The van der Waals surface area contributed by atoms with Crippen LogP contribution in [-0.2, 0) is 6.18 Å². The van der Waals surface area contributed by atoms with Crippen molar-refractivity contribution in [1.82, 2.24) is 9.36 Å². The van der Waals surface area contributed by atoms with Crippen LogP contribution in [0.3, 0.4) is 0 Å². The molecular weight excluding hydrogens is 286 g/mol. The van der Waals surface area contributed by atoms with Crippen LogP contribution >= 0.6 is 11.5 Å². The van der Waals surface area contributed by atoms with Gasteiger partial charge in [-0.1, -0.05) is 0 Å². The number of anilines is 1. The molecule has 0 bridgehead atoms. The normalized spacial score (nSPS) is 11.6. The highest BCUT2D eigenvalue weighted by Crippen LogP contribution is 2.33. The molecule has 102 valence electrons. The maximum Gasteiger partial charge on any atom is 0.452 e. The van der Waals surface area contributed by atoms with Gasteiger partial charge in [0.25, 0.3) is 11.0 Å². The van der Waals surface area contributed by atoms with Crippen molar-refractivity contribution in [2.24, 2.45) is 0 Å². The number of nitrogen functional groups attached to an aromatic ring is 1. The van der Waals surface area contributed by atoms with Crippen molar-refractivity contribution in [2.45, 2.75) is 13.1 Å². The molecule has 0 atom stereocenters. The van der Waals surface area contributed by atoms with E-state index in [0.29, 0.717) is 17.1 Å². The number of halogens is 4. The Morgan fingerprint density at radius 1 is 1.32 bits per heavy atom. The lowest BCUT2D eigenvalue weighted by Crippen LogP contribution is -2.07. The highest BCUT2D eigenvalue weighted by Gasteiger charge is 2.36. The van der Waals surface area contributed by atoms with Gasteiger partial charge in [0.15, 0.2) is 11.6 Å². The van der Waals surface area contributed by atoms with Crippen molar-refractivity contribution < 1.29 is 22.3 Å². The monoisotopic (exact) mass is 293 g/mol. The minimum Gasteiger partial charge on any atom is -0.427 e. The second-order valence-corrected chi connectivity index (χ2v) is 4.34. The van der Waals surface area contributed by atoms with Crippen LogP contribution < -0.4 is 10.5 Å². The van der Waals surface area contributed by atoms with Crippen molar-refractivity contribution >= 4 is 17.2 Å². The van der Waals surface area contributed by atoms with Gasteiger partial charge in [-0.2, -0.15) is 22.5 Å². The van der Waals surface area contributed by atoms with Gasteiger partial charge in [-0.3, -0.25) is 0 Å². The maximum absolute atomic E-state index is 13.5. The maximum atomic E-state index is 13.5. The van der Waals surface area contributed by atoms with Crippen LogP contribution in [0, 0.1) is 12.7 Å². The number of alkyl halides is 3. The third-order valence-electron chi connectivity index (χ3n) is 2.18. The molecule has 1 aromatic carbocycles. The number of nitrogens with two attached hydrogens (primary N) is 1. The smallest absolute Gasteiger partial charge is 0.427 e. The second kappa shape index (κ2) is 4.65. The Kier molecular flexibility index (Phi) is 3.31.